The van der Waals surface area contributed by atoms with Crippen LogP contribution in [0, 0.1) is 5.82 Å². The van der Waals surface area contributed by atoms with Gasteiger partial charge in [0.1, 0.15) is 5.82 Å². The monoisotopic (exact) mass is 416 g/mol. The molecule has 0 aliphatic carbocycles. The second kappa shape index (κ2) is 8.06. The van der Waals surface area contributed by atoms with Gasteiger partial charge >= 0.3 is 0 Å². The molecular weight excluding hydrogens is 395 g/mol. The van der Waals surface area contributed by atoms with E-state index in [1.165, 1.54) is 6.07 Å². The zero-order valence-corrected chi connectivity index (χ0v) is 16.8. The van der Waals surface area contributed by atoms with E-state index in [1.54, 1.807) is 30.7 Å². The predicted octanol–water partition coefficient (Wildman–Crippen LogP) is 3.35. The Labute approximate surface area is 179 Å². The van der Waals surface area contributed by atoms with E-state index in [2.05, 4.69) is 25.5 Å². The summed E-state index contributed by atoms with van der Waals surface area (Å²) >= 11 is 0. The highest BCUT2D eigenvalue weighted by atomic mass is 19.1. The van der Waals surface area contributed by atoms with Crippen molar-refractivity contribution in [3.8, 4) is 0 Å². The van der Waals surface area contributed by atoms with Gasteiger partial charge in [-0.15, -0.1) is 0 Å². The second-order valence-corrected chi connectivity index (χ2v) is 7.39. The zero-order valence-electron chi connectivity index (χ0n) is 16.8. The number of carbonyl (C=O) groups excluding carboxylic acids is 1. The molecule has 7 nitrogen and oxygen atoms in total. The number of halogens is 1. The molecule has 8 heteroatoms. The van der Waals surface area contributed by atoms with E-state index in [1.807, 2.05) is 35.2 Å². The Hall–Kier alpha value is -3.94. The molecule has 5 rings (SSSR count). The van der Waals surface area contributed by atoms with Gasteiger partial charge in [0.05, 0.1) is 11.3 Å². The number of anilines is 4. The zero-order chi connectivity index (χ0) is 21.2. The molecule has 1 amide bonds. The molecule has 0 spiro atoms. The van der Waals surface area contributed by atoms with Crippen LogP contribution in [0.5, 0.6) is 0 Å². The van der Waals surface area contributed by atoms with Gasteiger partial charge in [0.2, 0.25) is 5.95 Å². The summed E-state index contributed by atoms with van der Waals surface area (Å²) in [4.78, 5) is 24.9. The molecule has 156 valence electrons. The molecule has 2 aliphatic heterocycles. The number of amides is 1. The van der Waals surface area contributed by atoms with Crippen LogP contribution in [0.3, 0.4) is 0 Å². The maximum absolute atomic E-state index is 14.9. The van der Waals surface area contributed by atoms with Crippen LogP contribution >= 0.6 is 0 Å². The van der Waals surface area contributed by atoms with Crippen LogP contribution in [-0.2, 0) is 4.79 Å². The summed E-state index contributed by atoms with van der Waals surface area (Å²) < 4.78 is 14.9. The van der Waals surface area contributed by atoms with Gasteiger partial charge in [0.25, 0.3) is 5.91 Å². The van der Waals surface area contributed by atoms with Crippen molar-refractivity contribution in [1.82, 2.24) is 9.97 Å². The lowest BCUT2D eigenvalue weighted by molar-refractivity contribution is -0.110. The van der Waals surface area contributed by atoms with E-state index in [4.69, 9.17) is 0 Å². The SMILES string of the molecule is O=C1Nc2ccccc2/C1=C\Nc1ccc(N2CCN(c3ncccn3)CC2)c(F)c1. The lowest BCUT2D eigenvalue weighted by atomic mass is 10.1. The number of fused-ring (bicyclic) bond motifs is 1. The highest BCUT2D eigenvalue weighted by Gasteiger charge is 2.24. The Morgan fingerprint density at radius 3 is 2.48 bits per heavy atom. The third-order valence-corrected chi connectivity index (χ3v) is 5.50. The molecule has 2 aromatic carbocycles. The minimum Gasteiger partial charge on any atom is -0.366 e. The summed E-state index contributed by atoms with van der Waals surface area (Å²) in [6.45, 7) is 2.82. The van der Waals surface area contributed by atoms with Crippen LogP contribution < -0.4 is 20.4 Å². The van der Waals surface area contributed by atoms with Crippen molar-refractivity contribution in [3.05, 3.63) is 78.5 Å². The fourth-order valence-corrected chi connectivity index (χ4v) is 3.89. The molecule has 0 unspecified atom stereocenters. The molecule has 1 saturated heterocycles. The number of hydrogen-bond acceptors (Lipinski definition) is 6. The Morgan fingerprint density at radius 1 is 0.968 bits per heavy atom. The standard InChI is InChI=1S/C23H21FN6O/c24-19-14-16(27-15-18-17-4-1-2-5-20(17)28-22(18)31)6-7-21(19)29-10-12-30(13-11-29)23-25-8-3-9-26-23/h1-9,14-15,27H,10-13H2,(H,28,31)/b18-15+. The van der Waals surface area contributed by atoms with Crippen molar-refractivity contribution >= 4 is 34.5 Å². The Morgan fingerprint density at radius 2 is 1.71 bits per heavy atom. The Balaban J connectivity index is 1.26. The van der Waals surface area contributed by atoms with Crippen LogP contribution in [0.1, 0.15) is 5.56 Å². The summed E-state index contributed by atoms with van der Waals surface area (Å²) in [5.74, 6) is 0.225. The van der Waals surface area contributed by atoms with E-state index in [0.717, 1.165) is 24.3 Å². The Kier molecular flexibility index (Phi) is 4.95. The molecule has 3 aromatic rings. The summed E-state index contributed by atoms with van der Waals surface area (Å²) in [7, 11) is 0. The topological polar surface area (TPSA) is 73.4 Å². The molecule has 3 heterocycles. The Bertz CT molecular complexity index is 1140. The number of rotatable bonds is 4. The minimum atomic E-state index is -0.302. The van der Waals surface area contributed by atoms with Gasteiger partial charge in [-0.1, -0.05) is 18.2 Å². The number of para-hydroxylation sites is 1. The van der Waals surface area contributed by atoms with Crippen LogP contribution in [-0.4, -0.2) is 42.1 Å². The van der Waals surface area contributed by atoms with E-state index in [-0.39, 0.29) is 11.7 Å². The summed E-state index contributed by atoms with van der Waals surface area (Å²) in [5.41, 5.74) is 3.29. The summed E-state index contributed by atoms with van der Waals surface area (Å²) in [5, 5.41) is 5.87. The van der Waals surface area contributed by atoms with Gasteiger partial charge in [-0.2, -0.15) is 0 Å². The second-order valence-electron chi connectivity index (χ2n) is 7.39. The van der Waals surface area contributed by atoms with Gasteiger partial charge in [-0.05, 0) is 30.3 Å². The van der Waals surface area contributed by atoms with E-state index < -0.39 is 0 Å². The van der Waals surface area contributed by atoms with Crippen LogP contribution in [0.4, 0.5) is 27.4 Å². The number of carbonyl (C=O) groups is 1. The number of nitrogens with zero attached hydrogens (tertiary/aromatic N) is 4. The molecule has 0 saturated carbocycles. The molecular formula is C23H21FN6O. The summed E-state index contributed by atoms with van der Waals surface area (Å²) in [6, 6.07) is 14.3. The first-order valence-electron chi connectivity index (χ1n) is 10.1. The first kappa shape index (κ1) is 19.0. The predicted molar refractivity (Wildman–Crippen MR) is 120 cm³/mol. The molecule has 31 heavy (non-hydrogen) atoms. The highest BCUT2D eigenvalue weighted by molar-refractivity contribution is 6.31. The lowest BCUT2D eigenvalue weighted by Gasteiger charge is -2.36. The third-order valence-electron chi connectivity index (χ3n) is 5.50. The number of nitrogens with one attached hydrogen (secondary N) is 2. The first-order chi connectivity index (χ1) is 15.2. The summed E-state index contributed by atoms with van der Waals surface area (Å²) in [6.07, 6.45) is 5.07. The molecule has 1 aromatic heterocycles. The average molecular weight is 416 g/mol. The maximum Gasteiger partial charge on any atom is 0.257 e. The minimum absolute atomic E-state index is 0.175. The quantitative estimate of drug-likeness (QED) is 0.636. The molecule has 0 radical (unpaired) electrons. The fraction of sp³-hybridized carbons (Fsp3) is 0.174. The van der Waals surface area contributed by atoms with Gasteiger partial charge in [0, 0.05) is 61.7 Å². The van der Waals surface area contributed by atoms with Crippen LogP contribution in [0.2, 0.25) is 0 Å². The maximum atomic E-state index is 14.9. The normalized spacial score (nSPS) is 16.9. The molecule has 1 fully saturated rings. The van der Waals surface area contributed by atoms with Crippen molar-refractivity contribution in [2.75, 3.05) is 46.6 Å². The molecule has 2 aliphatic rings. The van der Waals surface area contributed by atoms with Crippen molar-refractivity contribution in [3.63, 3.8) is 0 Å². The number of piperazine rings is 1. The average Bonchev–Trinajstić information content (AvgIpc) is 3.13. The fourth-order valence-electron chi connectivity index (χ4n) is 3.89. The first-order valence-corrected chi connectivity index (χ1v) is 10.1. The molecule has 2 N–H and O–H groups in total. The number of hydrogen-bond donors (Lipinski definition) is 2. The van der Waals surface area contributed by atoms with Crippen LogP contribution in [0.15, 0.2) is 67.1 Å². The van der Waals surface area contributed by atoms with Gasteiger partial charge in [0.15, 0.2) is 0 Å². The van der Waals surface area contributed by atoms with E-state index in [9.17, 15) is 9.18 Å². The van der Waals surface area contributed by atoms with E-state index in [0.29, 0.717) is 36.0 Å². The van der Waals surface area contributed by atoms with Gasteiger partial charge < -0.3 is 20.4 Å². The van der Waals surface area contributed by atoms with E-state index >= 15 is 0 Å². The molecule has 0 atom stereocenters. The van der Waals surface area contributed by atoms with Crippen molar-refractivity contribution < 1.29 is 9.18 Å². The number of benzene rings is 2. The van der Waals surface area contributed by atoms with Crippen molar-refractivity contribution in [1.29, 1.82) is 0 Å². The van der Waals surface area contributed by atoms with Gasteiger partial charge in [-0.3, -0.25) is 4.79 Å². The number of aromatic nitrogens is 2. The largest absolute Gasteiger partial charge is 0.366 e. The van der Waals surface area contributed by atoms with Crippen LogP contribution in [0.25, 0.3) is 5.57 Å². The van der Waals surface area contributed by atoms with Gasteiger partial charge in [-0.25, -0.2) is 14.4 Å². The third kappa shape index (κ3) is 3.79. The lowest BCUT2D eigenvalue weighted by Crippen LogP contribution is -2.47. The molecule has 0 bridgehead atoms. The smallest absolute Gasteiger partial charge is 0.257 e. The van der Waals surface area contributed by atoms with Crippen molar-refractivity contribution in [2.24, 2.45) is 0 Å². The highest BCUT2D eigenvalue weighted by Crippen LogP contribution is 2.31. The van der Waals surface area contributed by atoms with Crippen molar-refractivity contribution in [2.45, 2.75) is 0 Å².